The largest absolute Gasteiger partial charge is 0.378 e. The molecule has 10 heavy (non-hydrogen) atoms. The van der Waals surface area contributed by atoms with Crippen molar-refractivity contribution in [1.82, 2.24) is 0 Å². The summed E-state index contributed by atoms with van der Waals surface area (Å²) >= 11 is 0. The zero-order valence-corrected chi connectivity index (χ0v) is 5.83. The Hall–Kier alpha value is -0.920. The molecular formula is C6H10N2O2. The number of ether oxygens (including phenoxy) is 1. The quantitative estimate of drug-likeness (QED) is 0.534. The second-order valence-corrected chi connectivity index (χ2v) is 1.91. The van der Waals surface area contributed by atoms with Crippen LogP contribution in [0.5, 0.6) is 0 Å². The fourth-order valence-electron chi connectivity index (χ4n) is 0.364. The summed E-state index contributed by atoms with van der Waals surface area (Å²) < 4.78 is 4.80. The van der Waals surface area contributed by atoms with E-state index < -0.39 is 5.54 Å². The Bertz CT molecular complexity index is 152. The standard InChI is InChI=1S/C6H10N2O2/c1-2-10-5-6(8,3-7)4-9/h4H,2,5,8H2,1H3. The SMILES string of the molecule is CCOCC(N)(C#N)C=O. The van der Waals surface area contributed by atoms with Gasteiger partial charge in [-0.25, -0.2) is 0 Å². The van der Waals surface area contributed by atoms with E-state index in [2.05, 4.69) is 0 Å². The maximum absolute atomic E-state index is 10.1. The molecule has 0 fully saturated rings. The molecule has 0 aliphatic carbocycles. The average molecular weight is 142 g/mol. The predicted octanol–water partition coefficient (Wildman–Crippen LogP) is -0.557. The van der Waals surface area contributed by atoms with Gasteiger partial charge >= 0.3 is 0 Å². The normalized spacial score (nSPS) is 15.3. The highest BCUT2D eigenvalue weighted by Gasteiger charge is 2.23. The van der Waals surface area contributed by atoms with E-state index in [1.807, 2.05) is 0 Å². The highest BCUT2D eigenvalue weighted by atomic mass is 16.5. The molecule has 0 heterocycles. The van der Waals surface area contributed by atoms with Crippen LogP contribution in [0, 0.1) is 11.3 Å². The number of carbonyl (C=O) groups is 1. The maximum atomic E-state index is 10.1. The second-order valence-electron chi connectivity index (χ2n) is 1.91. The van der Waals surface area contributed by atoms with E-state index in [0.29, 0.717) is 12.9 Å². The van der Waals surface area contributed by atoms with Gasteiger partial charge in [0.15, 0.2) is 11.8 Å². The van der Waals surface area contributed by atoms with Crippen molar-refractivity contribution in [3.8, 4) is 6.07 Å². The molecule has 0 aromatic heterocycles. The summed E-state index contributed by atoms with van der Waals surface area (Å²) in [6.07, 6.45) is 0.392. The van der Waals surface area contributed by atoms with E-state index in [9.17, 15) is 4.79 Å². The van der Waals surface area contributed by atoms with Gasteiger partial charge in [0.2, 0.25) is 0 Å². The number of carbonyl (C=O) groups excluding carboxylic acids is 1. The molecule has 56 valence electrons. The first-order chi connectivity index (χ1) is 4.68. The zero-order valence-electron chi connectivity index (χ0n) is 5.83. The van der Waals surface area contributed by atoms with Crippen molar-refractivity contribution in [3.63, 3.8) is 0 Å². The molecule has 0 aromatic rings. The minimum atomic E-state index is -1.46. The number of hydrogen-bond donors (Lipinski definition) is 1. The molecule has 0 spiro atoms. The first-order valence-electron chi connectivity index (χ1n) is 2.92. The summed E-state index contributed by atoms with van der Waals surface area (Å²) in [7, 11) is 0. The van der Waals surface area contributed by atoms with Crippen LogP contribution < -0.4 is 5.73 Å². The van der Waals surface area contributed by atoms with Crippen LogP contribution >= 0.6 is 0 Å². The summed E-state index contributed by atoms with van der Waals surface area (Å²) in [5, 5.41) is 8.33. The zero-order chi connectivity index (χ0) is 8.04. The van der Waals surface area contributed by atoms with E-state index in [-0.39, 0.29) is 6.61 Å². The number of nitrogens with zero attached hydrogens (tertiary/aromatic N) is 1. The van der Waals surface area contributed by atoms with Crippen LogP contribution in [0.4, 0.5) is 0 Å². The number of hydrogen-bond acceptors (Lipinski definition) is 4. The van der Waals surface area contributed by atoms with E-state index >= 15 is 0 Å². The van der Waals surface area contributed by atoms with Crippen LogP contribution in [0.3, 0.4) is 0 Å². The summed E-state index contributed by atoms with van der Waals surface area (Å²) in [5.74, 6) is 0. The first-order valence-corrected chi connectivity index (χ1v) is 2.92. The van der Waals surface area contributed by atoms with Crippen LogP contribution in [0.25, 0.3) is 0 Å². The van der Waals surface area contributed by atoms with Crippen molar-refractivity contribution < 1.29 is 9.53 Å². The lowest BCUT2D eigenvalue weighted by molar-refractivity contribution is -0.112. The van der Waals surface area contributed by atoms with Gasteiger partial charge < -0.3 is 10.5 Å². The van der Waals surface area contributed by atoms with Crippen LogP contribution in [-0.4, -0.2) is 25.0 Å². The topological polar surface area (TPSA) is 76.1 Å². The Morgan fingerprint density at radius 2 is 2.50 bits per heavy atom. The van der Waals surface area contributed by atoms with Gasteiger partial charge in [0.1, 0.15) is 0 Å². The number of nitrogens with two attached hydrogens (primary N) is 1. The van der Waals surface area contributed by atoms with Crippen molar-refractivity contribution in [3.05, 3.63) is 0 Å². The molecule has 0 saturated carbocycles. The first kappa shape index (κ1) is 9.08. The lowest BCUT2D eigenvalue weighted by atomic mass is 10.1. The van der Waals surface area contributed by atoms with Gasteiger partial charge in [-0.15, -0.1) is 0 Å². The summed E-state index contributed by atoms with van der Waals surface area (Å²) in [6, 6.07) is 1.65. The predicted molar refractivity (Wildman–Crippen MR) is 35.1 cm³/mol. The molecule has 0 aliphatic heterocycles. The van der Waals surface area contributed by atoms with Crippen molar-refractivity contribution in [2.24, 2.45) is 5.73 Å². The molecule has 2 N–H and O–H groups in total. The molecule has 1 atom stereocenters. The van der Waals surface area contributed by atoms with Crippen molar-refractivity contribution in [2.45, 2.75) is 12.5 Å². The lowest BCUT2D eigenvalue weighted by Crippen LogP contribution is -2.44. The van der Waals surface area contributed by atoms with E-state index in [1.54, 1.807) is 13.0 Å². The van der Waals surface area contributed by atoms with E-state index in [0.717, 1.165) is 0 Å². The van der Waals surface area contributed by atoms with Crippen molar-refractivity contribution in [2.75, 3.05) is 13.2 Å². The van der Waals surface area contributed by atoms with Gasteiger partial charge in [0.05, 0.1) is 12.7 Å². The summed E-state index contributed by atoms with van der Waals surface area (Å²) in [6.45, 7) is 2.18. The minimum Gasteiger partial charge on any atom is -0.378 e. The van der Waals surface area contributed by atoms with E-state index in [1.165, 1.54) is 0 Å². The van der Waals surface area contributed by atoms with Crippen LogP contribution in [0.2, 0.25) is 0 Å². The van der Waals surface area contributed by atoms with Crippen LogP contribution in [-0.2, 0) is 9.53 Å². The molecule has 4 heteroatoms. The summed E-state index contributed by atoms with van der Waals surface area (Å²) in [5.41, 5.74) is 3.77. The van der Waals surface area contributed by atoms with Crippen LogP contribution in [0.15, 0.2) is 0 Å². The third-order valence-electron chi connectivity index (χ3n) is 0.963. The van der Waals surface area contributed by atoms with Gasteiger partial charge in [-0.2, -0.15) is 5.26 Å². The third-order valence-corrected chi connectivity index (χ3v) is 0.963. The molecule has 4 nitrogen and oxygen atoms in total. The van der Waals surface area contributed by atoms with Gasteiger partial charge in [0.25, 0.3) is 0 Å². The van der Waals surface area contributed by atoms with Crippen molar-refractivity contribution >= 4 is 6.29 Å². The average Bonchev–Trinajstić information content (AvgIpc) is 2.00. The number of nitriles is 1. The second kappa shape index (κ2) is 3.99. The van der Waals surface area contributed by atoms with Crippen LogP contribution in [0.1, 0.15) is 6.92 Å². The lowest BCUT2D eigenvalue weighted by Gasteiger charge is -2.11. The Morgan fingerprint density at radius 3 is 2.80 bits per heavy atom. The molecule has 0 radical (unpaired) electrons. The van der Waals surface area contributed by atoms with Gasteiger partial charge in [0, 0.05) is 6.61 Å². The monoisotopic (exact) mass is 142 g/mol. The smallest absolute Gasteiger partial charge is 0.183 e. The fourth-order valence-corrected chi connectivity index (χ4v) is 0.364. The maximum Gasteiger partial charge on any atom is 0.183 e. The summed E-state index contributed by atoms with van der Waals surface area (Å²) in [4.78, 5) is 10.1. The van der Waals surface area contributed by atoms with Gasteiger partial charge in [-0.05, 0) is 6.92 Å². The Labute approximate surface area is 59.6 Å². The van der Waals surface area contributed by atoms with Gasteiger partial charge in [-0.3, -0.25) is 4.79 Å². The molecule has 0 saturated heterocycles. The number of rotatable bonds is 4. The van der Waals surface area contributed by atoms with Crippen molar-refractivity contribution in [1.29, 1.82) is 5.26 Å². The minimum absolute atomic E-state index is 0.0382. The number of aldehydes is 1. The molecule has 0 amide bonds. The van der Waals surface area contributed by atoms with Gasteiger partial charge in [-0.1, -0.05) is 0 Å². The third kappa shape index (κ3) is 2.58. The van der Waals surface area contributed by atoms with E-state index in [4.69, 9.17) is 15.7 Å². The molecule has 0 aromatic carbocycles. The molecule has 0 bridgehead atoms. The Kier molecular flexibility index (Phi) is 3.62. The Balaban J connectivity index is 3.84. The highest BCUT2D eigenvalue weighted by Crippen LogP contribution is 1.93. The molecule has 0 aliphatic rings. The molecule has 1 unspecified atom stereocenters. The Morgan fingerprint density at radius 1 is 1.90 bits per heavy atom. The fraction of sp³-hybridized carbons (Fsp3) is 0.667. The highest BCUT2D eigenvalue weighted by molar-refractivity contribution is 5.68. The molecule has 0 rings (SSSR count). The molecular weight excluding hydrogens is 132 g/mol.